The predicted octanol–water partition coefficient (Wildman–Crippen LogP) is 2.12. The number of phenolic OH excluding ortho intramolecular Hbond substituents is 2. The molecule has 0 aliphatic heterocycles. The number of carbonyl (C=O) groups excluding carboxylic acids is 1. The summed E-state index contributed by atoms with van der Waals surface area (Å²) in [6.45, 7) is 0.396. The molecule has 0 saturated carbocycles. The van der Waals surface area contributed by atoms with E-state index in [0.29, 0.717) is 23.7 Å². The topological polar surface area (TPSA) is 82.5 Å². The number of hydrogen-bond acceptors (Lipinski definition) is 4. The molecule has 0 radical (unpaired) electrons. The fourth-order valence-electron chi connectivity index (χ4n) is 1.65. The minimum absolute atomic E-state index is 0.164. The highest BCUT2D eigenvalue weighted by atomic mass is 35.5. The largest absolute Gasteiger partial charge is 0.504 e. The van der Waals surface area contributed by atoms with Crippen molar-refractivity contribution < 1.29 is 15.0 Å². The number of nitrogens with zero attached hydrogens (tertiary/aromatic N) is 1. The molecule has 0 bridgehead atoms. The van der Waals surface area contributed by atoms with E-state index in [4.69, 9.17) is 11.6 Å². The Morgan fingerprint density at radius 2 is 2.00 bits per heavy atom. The molecule has 0 fully saturated rings. The molecule has 0 aliphatic carbocycles. The molecule has 2 rings (SSSR count). The molecule has 1 aromatic carbocycles. The summed E-state index contributed by atoms with van der Waals surface area (Å²) in [6, 6.07) is 7.70. The van der Waals surface area contributed by atoms with Crippen LogP contribution in [0.1, 0.15) is 16.1 Å². The van der Waals surface area contributed by atoms with Gasteiger partial charge < -0.3 is 15.5 Å². The van der Waals surface area contributed by atoms with Crippen LogP contribution in [0.15, 0.2) is 36.5 Å². The Kier molecular flexibility index (Phi) is 4.42. The van der Waals surface area contributed by atoms with Crippen molar-refractivity contribution in [1.29, 1.82) is 0 Å². The van der Waals surface area contributed by atoms with E-state index in [1.165, 1.54) is 18.3 Å². The van der Waals surface area contributed by atoms with Crippen LogP contribution in [-0.2, 0) is 6.42 Å². The summed E-state index contributed by atoms with van der Waals surface area (Å²) in [6.07, 6.45) is 1.95. The van der Waals surface area contributed by atoms with Crippen LogP contribution in [0.3, 0.4) is 0 Å². The van der Waals surface area contributed by atoms with Gasteiger partial charge in [0.1, 0.15) is 5.69 Å². The highest BCUT2D eigenvalue weighted by molar-refractivity contribution is 6.30. The standard InChI is InChI=1S/C14H13ClN2O3/c15-10-2-3-11(17-8-10)14(20)16-6-5-9-1-4-12(18)13(19)7-9/h1-4,7-8,18-19H,5-6H2,(H,16,20). The van der Waals surface area contributed by atoms with Crippen LogP contribution in [0.5, 0.6) is 11.5 Å². The molecule has 3 N–H and O–H groups in total. The fourth-order valence-corrected chi connectivity index (χ4v) is 1.76. The zero-order valence-corrected chi connectivity index (χ0v) is 11.3. The molecule has 1 aromatic heterocycles. The lowest BCUT2D eigenvalue weighted by atomic mass is 10.1. The van der Waals surface area contributed by atoms with Crippen molar-refractivity contribution in [2.75, 3.05) is 6.54 Å². The SMILES string of the molecule is O=C(NCCc1ccc(O)c(O)c1)c1ccc(Cl)cn1. The number of aromatic nitrogens is 1. The van der Waals surface area contributed by atoms with Crippen LogP contribution in [-0.4, -0.2) is 27.6 Å². The van der Waals surface area contributed by atoms with Gasteiger partial charge in [0.15, 0.2) is 11.5 Å². The molecule has 1 heterocycles. The highest BCUT2D eigenvalue weighted by Gasteiger charge is 2.06. The first kappa shape index (κ1) is 14.1. The van der Waals surface area contributed by atoms with Crippen molar-refractivity contribution in [2.24, 2.45) is 0 Å². The van der Waals surface area contributed by atoms with Gasteiger partial charge >= 0.3 is 0 Å². The van der Waals surface area contributed by atoms with Gasteiger partial charge in [-0.2, -0.15) is 0 Å². The van der Waals surface area contributed by atoms with Gasteiger partial charge in [0.2, 0.25) is 0 Å². The number of phenols is 2. The van der Waals surface area contributed by atoms with E-state index in [9.17, 15) is 15.0 Å². The van der Waals surface area contributed by atoms with Gasteiger partial charge in [0.05, 0.1) is 5.02 Å². The second kappa shape index (κ2) is 6.25. The minimum Gasteiger partial charge on any atom is -0.504 e. The summed E-state index contributed by atoms with van der Waals surface area (Å²) in [7, 11) is 0. The Morgan fingerprint density at radius 3 is 2.65 bits per heavy atom. The van der Waals surface area contributed by atoms with Crippen LogP contribution < -0.4 is 5.32 Å². The number of nitrogens with one attached hydrogen (secondary N) is 1. The molecule has 0 saturated heterocycles. The maximum absolute atomic E-state index is 11.8. The molecule has 20 heavy (non-hydrogen) atoms. The summed E-state index contributed by atoms with van der Waals surface area (Å²) in [4.78, 5) is 15.7. The summed E-state index contributed by atoms with van der Waals surface area (Å²) in [5.41, 5.74) is 1.10. The van der Waals surface area contributed by atoms with Gasteiger partial charge in [-0.3, -0.25) is 4.79 Å². The Hall–Kier alpha value is -2.27. The fraction of sp³-hybridized carbons (Fsp3) is 0.143. The third kappa shape index (κ3) is 3.61. The van der Waals surface area contributed by atoms with Crippen molar-refractivity contribution in [3.8, 4) is 11.5 Å². The number of benzene rings is 1. The van der Waals surface area contributed by atoms with E-state index in [0.717, 1.165) is 5.56 Å². The first-order valence-corrected chi connectivity index (χ1v) is 6.34. The van der Waals surface area contributed by atoms with E-state index in [1.54, 1.807) is 18.2 Å². The van der Waals surface area contributed by atoms with Crippen LogP contribution >= 0.6 is 11.6 Å². The summed E-state index contributed by atoms with van der Waals surface area (Å²) in [5, 5.41) is 21.7. The minimum atomic E-state index is -0.287. The monoisotopic (exact) mass is 292 g/mol. The lowest BCUT2D eigenvalue weighted by Crippen LogP contribution is -2.26. The first-order valence-electron chi connectivity index (χ1n) is 5.97. The van der Waals surface area contributed by atoms with Crippen LogP contribution in [0.4, 0.5) is 0 Å². The van der Waals surface area contributed by atoms with E-state index < -0.39 is 0 Å². The van der Waals surface area contributed by atoms with Crippen LogP contribution in [0.25, 0.3) is 0 Å². The third-order valence-electron chi connectivity index (χ3n) is 2.70. The van der Waals surface area contributed by atoms with Crippen molar-refractivity contribution in [2.45, 2.75) is 6.42 Å². The predicted molar refractivity (Wildman–Crippen MR) is 75.1 cm³/mol. The normalized spacial score (nSPS) is 10.2. The van der Waals surface area contributed by atoms with E-state index in [1.807, 2.05) is 0 Å². The number of hydrogen-bond donors (Lipinski definition) is 3. The average molecular weight is 293 g/mol. The third-order valence-corrected chi connectivity index (χ3v) is 2.92. The molecule has 2 aromatic rings. The summed E-state index contributed by atoms with van der Waals surface area (Å²) >= 11 is 5.69. The van der Waals surface area contributed by atoms with Gasteiger partial charge in [-0.1, -0.05) is 17.7 Å². The quantitative estimate of drug-likeness (QED) is 0.754. The Balaban J connectivity index is 1.87. The highest BCUT2D eigenvalue weighted by Crippen LogP contribution is 2.24. The maximum Gasteiger partial charge on any atom is 0.269 e. The van der Waals surface area contributed by atoms with Crippen LogP contribution in [0, 0.1) is 0 Å². The Labute approximate surface area is 120 Å². The van der Waals surface area contributed by atoms with Crippen molar-refractivity contribution in [1.82, 2.24) is 10.3 Å². The number of aromatic hydroxyl groups is 2. The lowest BCUT2D eigenvalue weighted by Gasteiger charge is -2.06. The maximum atomic E-state index is 11.8. The Morgan fingerprint density at radius 1 is 1.20 bits per heavy atom. The van der Waals surface area contributed by atoms with Crippen molar-refractivity contribution >= 4 is 17.5 Å². The van der Waals surface area contributed by atoms with Gasteiger partial charge in [0.25, 0.3) is 5.91 Å². The second-order valence-electron chi connectivity index (χ2n) is 4.19. The Bertz CT molecular complexity index is 614. The smallest absolute Gasteiger partial charge is 0.269 e. The second-order valence-corrected chi connectivity index (χ2v) is 4.63. The van der Waals surface area contributed by atoms with Crippen molar-refractivity contribution in [3.05, 3.63) is 52.8 Å². The first-order chi connectivity index (χ1) is 9.56. The van der Waals surface area contributed by atoms with E-state index in [2.05, 4.69) is 10.3 Å². The molecule has 0 spiro atoms. The number of pyridine rings is 1. The van der Waals surface area contributed by atoms with Gasteiger partial charge in [0, 0.05) is 12.7 Å². The molecule has 6 heteroatoms. The summed E-state index contributed by atoms with van der Waals surface area (Å²) < 4.78 is 0. The molecule has 0 atom stereocenters. The zero-order chi connectivity index (χ0) is 14.5. The number of carbonyl (C=O) groups is 1. The molecule has 5 nitrogen and oxygen atoms in total. The van der Waals surface area contributed by atoms with E-state index >= 15 is 0 Å². The van der Waals surface area contributed by atoms with E-state index in [-0.39, 0.29) is 17.4 Å². The number of rotatable bonds is 4. The van der Waals surface area contributed by atoms with Gasteiger partial charge in [-0.25, -0.2) is 4.98 Å². The number of halogens is 1. The molecular weight excluding hydrogens is 280 g/mol. The molecule has 104 valence electrons. The molecule has 0 unspecified atom stereocenters. The summed E-state index contributed by atoms with van der Waals surface area (Å²) in [5.74, 6) is -0.624. The molecule has 1 amide bonds. The average Bonchev–Trinajstić information content (AvgIpc) is 2.43. The molecule has 0 aliphatic rings. The number of amides is 1. The molecular formula is C14H13ClN2O3. The van der Waals surface area contributed by atoms with Gasteiger partial charge in [-0.15, -0.1) is 0 Å². The zero-order valence-electron chi connectivity index (χ0n) is 10.5. The van der Waals surface area contributed by atoms with Crippen molar-refractivity contribution in [3.63, 3.8) is 0 Å². The lowest BCUT2D eigenvalue weighted by molar-refractivity contribution is 0.0949. The van der Waals surface area contributed by atoms with Crippen LogP contribution in [0.2, 0.25) is 5.02 Å². The van der Waals surface area contributed by atoms with Gasteiger partial charge in [-0.05, 0) is 36.2 Å².